The summed E-state index contributed by atoms with van der Waals surface area (Å²) in [4.78, 5) is 12.7. The fraction of sp³-hybridized carbons (Fsp3) is 0.261. The Balaban J connectivity index is 1.99. The number of ether oxygens (including phenoxy) is 3. The molecule has 1 unspecified atom stereocenters. The highest BCUT2D eigenvalue weighted by Gasteiger charge is 2.20. The number of halogens is 1. The molecular formula is C23H22INO4. The Bertz CT molecular complexity index is 923. The highest BCUT2D eigenvalue weighted by molar-refractivity contribution is 14.1. The number of nitrogens with one attached hydrogen (secondary N) is 1. The lowest BCUT2D eigenvalue weighted by Crippen LogP contribution is -2.32. The van der Waals surface area contributed by atoms with Gasteiger partial charge in [0, 0.05) is 17.0 Å². The number of terminal acetylenes is 1. The van der Waals surface area contributed by atoms with Crippen molar-refractivity contribution >= 4 is 28.5 Å². The molecule has 29 heavy (non-hydrogen) atoms. The average molecular weight is 503 g/mol. The van der Waals surface area contributed by atoms with E-state index in [0.717, 1.165) is 14.7 Å². The Kier molecular flexibility index (Phi) is 9.36. The van der Waals surface area contributed by atoms with Crippen LogP contribution in [0.1, 0.15) is 24.2 Å². The van der Waals surface area contributed by atoms with Crippen LogP contribution in [0.3, 0.4) is 0 Å². The van der Waals surface area contributed by atoms with Gasteiger partial charge in [-0.3, -0.25) is 4.79 Å². The van der Waals surface area contributed by atoms with E-state index in [-0.39, 0.29) is 12.5 Å². The minimum Gasteiger partial charge on any atom is -0.493 e. The molecule has 0 fully saturated rings. The molecule has 0 bridgehead atoms. The van der Waals surface area contributed by atoms with Gasteiger partial charge in [-0.25, -0.2) is 0 Å². The normalized spacial score (nSPS) is 10.8. The first-order valence-corrected chi connectivity index (χ1v) is 10.0. The maximum Gasteiger partial charge on any atom is 0.253 e. The van der Waals surface area contributed by atoms with Crippen molar-refractivity contribution in [1.82, 2.24) is 5.32 Å². The van der Waals surface area contributed by atoms with Gasteiger partial charge in [0.05, 0.1) is 7.11 Å². The SMILES string of the molecule is C#CCOC(C(=O)NCCc1ccc(OC#CC)c(OC)c1)c1ccc(I)cc1. The summed E-state index contributed by atoms with van der Waals surface area (Å²) in [5, 5.41) is 2.91. The molecule has 150 valence electrons. The Labute approximate surface area is 185 Å². The molecule has 0 heterocycles. The number of carbonyl (C=O) groups excluding carboxylic acids is 1. The molecule has 0 spiro atoms. The molecule has 6 heteroatoms. The van der Waals surface area contributed by atoms with Crippen LogP contribution >= 0.6 is 22.6 Å². The van der Waals surface area contributed by atoms with Crippen molar-refractivity contribution in [2.75, 3.05) is 20.3 Å². The van der Waals surface area contributed by atoms with Gasteiger partial charge in [0.1, 0.15) is 12.7 Å². The predicted molar refractivity (Wildman–Crippen MR) is 120 cm³/mol. The monoisotopic (exact) mass is 503 g/mol. The molecule has 0 aliphatic heterocycles. The molecule has 2 aromatic carbocycles. The Morgan fingerprint density at radius 2 is 1.97 bits per heavy atom. The summed E-state index contributed by atoms with van der Waals surface area (Å²) in [6.07, 6.45) is 7.71. The van der Waals surface area contributed by atoms with Crippen molar-refractivity contribution in [3.05, 3.63) is 57.2 Å². The maximum absolute atomic E-state index is 12.7. The van der Waals surface area contributed by atoms with Crippen molar-refractivity contribution < 1.29 is 19.0 Å². The average Bonchev–Trinajstić information content (AvgIpc) is 2.74. The molecule has 2 rings (SSSR count). The molecule has 1 amide bonds. The highest BCUT2D eigenvalue weighted by Crippen LogP contribution is 2.28. The van der Waals surface area contributed by atoms with Crippen molar-refractivity contribution in [2.24, 2.45) is 0 Å². The smallest absolute Gasteiger partial charge is 0.253 e. The van der Waals surface area contributed by atoms with Crippen molar-refractivity contribution in [3.63, 3.8) is 0 Å². The number of methoxy groups -OCH3 is 1. The van der Waals surface area contributed by atoms with E-state index in [1.807, 2.05) is 36.4 Å². The first kappa shape index (κ1) is 22.6. The van der Waals surface area contributed by atoms with E-state index >= 15 is 0 Å². The van der Waals surface area contributed by atoms with Crippen LogP contribution in [0.15, 0.2) is 42.5 Å². The Morgan fingerprint density at radius 3 is 2.62 bits per heavy atom. The summed E-state index contributed by atoms with van der Waals surface area (Å²) < 4.78 is 17.3. The van der Waals surface area contributed by atoms with E-state index in [9.17, 15) is 4.79 Å². The molecule has 0 aliphatic rings. The second-order valence-corrected chi connectivity index (χ2v) is 7.17. The van der Waals surface area contributed by atoms with Gasteiger partial charge in [-0.1, -0.05) is 30.0 Å². The van der Waals surface area contributed by atoms with Crippen molar-refractivity contribution in [3.8, 4) is 35.9 Å². The molecule has 0 saturated heterocycles. The first-order valence-electron chi connectivity index (χ1n) is 8.92. The lowest BCUT2D eigenvalue weighted by Gasteiger charge is -2.17. The van der Waals surface area contributed by atoms with E-state index in [1.54, 1.807) is 20.1 Å². The van der Waals surface area contributed by atoms with E-state index in [2.05, 4.69) is 45.9 Å². The minimum atomic E-state index is -0.749. The number of hydrogen-bond donors (Lipinski definition) is 1. The largest absolute Gasteiger partial charge is 0.493 e. The maximum atomic E-state index is 12.7. The number of benzene rings is 2. The summed E-state index contributed by atoms with van der Waals surface area (Å²) in [5.74, 6) is 5.99. The number of hydrogen-bond acceptors (Lipinski definition) is 4. The zero-order chi connectivity index (χ0) is 21.1. The van der Waals surface area contributed by atoms with E-state index in [4.69, 9.17) is 20.6 Å². The van der Waals surface area contributed by atoms with Crippen LogP contribution in [0.25, 0.3) is 0 Å². The van der Waals surface area contributed by atoms with Gasteiger partial charge < -0.3 is 19.5 Å². The highest BCUT2D eigenvalue weighted by atomic mass is 127. The molecule has 0 aromatic heterocycles. The van der Waals surface area contributed by atoms with E-state index in [0.29, 0.717) is 24.5 Å². The zero-order valence-corrected chi connectivity index (χ0v) is 18.5. The second kappa shape index (κ2) is 12.0. The van der Waals surface area contributed by atoms with Crippen LogP contribution in [0.4, 0.5) is 0 Å². The summed E-state index contributed by atoms with van der Waals surface area (Å²) in [5.41, 5.74) is 1.76. The van der Waals surface area contributed by atoms with Crippen LogP contribution in [0.2, 0.25) is 0 Å². The molecule has 0 radical (unpaired) electrons. The number of carbonyl (C=O) groups is 1. The Morgan fingerprint density at radius 1 is 1.21 bits per heavy atom. The lowest BCUT2D eigenvalue weighted by atomic mass is 10.1. The molecular weight excluding hydrogens is 481 g/mol. The lowest BCUT2D eigenvalue weighted by molar-refractivity contribution is -0.132. The van der Waals surface area contributed by atoms with E-state index < -0.39 is 6.10 Å². The summed E-state index contributed by atoms with van der Waals surface area (Å²) in [6.45, 7) is 2.20. The molecule has 1 atom stereocenters. The summed E-state index contributed by atoms with van der Waals surface area (Å²) >= 11 is 2.21. The van der Waals surface area contributed by atoms with Gasteiger partial charge >= 0.3 is 0 Å². The van der Waals surface area contributed by atoms with Gasteiger partial charge in [0.25, 0.3) is 5.91 Å². The molecule has 0 aliphatic carbocycles. The number of rotatable bonds is 9. The van der Waals surface area contributed by atoms with Crippen molar-refractivity contribution in [2.45, 2.75) is 19.4 Å². The van der Waals surface area contributed by atoms with Crippen LogP contribution in [-0.2, 0) is 16.0 Å². The van der Waals surface area contributed by atoms with Crippen LogP contribution in [-0.4, -0.2) is 26.2 Å². The third kappa shape index (κ3) is 7.01. The standard InChI is InChI=1S/C23H22INO4/c1-4-14-28-20-11-6-17(16-21(20)27-3)12-13-25-23(26)22(29-15-5-2)18-7-9-19(24)10-8-18/h2,6-11,16,22H,12-13,15H2,1,3H3,(H,25,26). The minimum absolute atomic E-state index is 0.0589. The fourth-order valence-corrected chi connectivity index (χ4v) is 2.93. The Hall–Kier alpha value is -2.68. The fourth-order valence-electron chi connectivity index (χ4n) is 2.57. The molecule has 2 aromatic rings. The van der Waals surface area contributed by atoms with Gasteiger partial charge in [0.2, 0.25) is 0 Å². The third-order valence-corrected chi connectivity index (χ3v) is 4.67. The van der Waals surface area contributed by atoms with Crippen molar-refractivity contribution in [1.29, 1.82) is 0 Å². The molecule has 5 nitrogen and oxygen atoms in total. The van der Waals surface area contributed by atoms with Gasteiger partial charge in [-0.2, -0.15) is 0 Å². The quantitative estimate of drug-likeness (QED) is 0.419. The van der Waals surface area contributed by atoms with Gasteiger partial charge in [0.15, 0.2) is 17.6 Å². The van der Waals surface area contributed by atoms with Gasteiger partial charge in [-0.05, 0) is 64.4 Å². The van der Waals surface area contributed by atoms with Gasteiger partial charge in [-0.15, -0.1) is 6.42 Å². The van der Waals surface area contributed by atoms with Crippen LogP contribution < -0.4 is 14.8 Å². The van der Waals surface area contributed by atoms with Crippen LogP contribution in [0.5, 0.6) is 11.5 Å². The third-order valence-electron chi connectivity index (χ3n) is 3.95. The van der Waals surface area contributed by atoms with Crippen LogP contribution in [0, 0.1) is 27.9 Å². The summed E-state index contributed by atoms with van der Waals surface area (Å²) in [6, 6.07) is 13.2. The topological polar surface area (TPSA) is 56.8 Å². The molecule has 0 saturated carbocycles. The molecule has 1 N–H and O–H groups in total. The van der Waals surface area contributed by atoms with E-state index in [1.165, 1.54) is 0 Å². The second-order valence-electron chi connectivity index (χ2n) is 5.93. The predicted octanol–water partition coefficient (Wildman–Crippen LogP) is 3.71. The zero-order valence-electron chi connectivity index (χ0n) is 16.3. The first-order chi connectivity index (χ1) is 14.1. The number of amides is 1. The summed E-state index contributed by atoms with van der Waals surface area (Å²) in [7, 11) is 1.57.